The summed E-state index contributed by atoms with van der Waals surface area (Å²) < 4.78 is 1.59. The normalized spacial score (nSPS) is 14.4. The highest BCUT2D eigenvalue weighted by molar-refractivity contribution is 5.46. The van der Waals surface area contributed by atoms with Crippen molar-refractivity contribution >= 4 is 5.69 Å². The second-order valence-corrected chi connectivity index (χ2v) is 5.71. The van der Waals surface area contributed by atoms with Crippen molar-refractivity contribution < 1.29 is 5.11 Å². The van der Waals surface area contributed by atoms with E-state index >= 15 is 0 Å². The molecule has 0 saturated heterocycles. The number of anilines is 1. The van der Waals surface area contributed by atoms with Crippen LogP contribution in [0.1, 0.15) is 25.3 Å². The molecule has 0 bridgehead atoms. The molecule has 0 radical (unpaired) electrons. The summed E-state index contributed by atoms with van der Waals surface area (Å²) in [6, 6.07) is 8.09. The van der Waals surface area contributed by atoms with E-state index in [9.17, 15) is 5.11 Å². The average molecular weight is 289 g/mol. The van der Waals surface area contributed by atoms with E-state index in [0.717, 1.165) is 5.69 Å². The fourth-order valence-electron chi connectivity index (χ4n) is 2.02. The van der Waals surface area contributed by atoms with Gasteiger partial charge in [0.15, 0.2) is 0 Å². The molecule has 1 aromatic heterocycles. The third-order valence-electron chi connectivity index (χ3n) is 3.51. The molecule has 0 aliphatic carbocycles. The van der Waals surface area contributed by atoms with E-state index < -0.39 is 5.85 Å². The monoisotopic (exact) mass is 289 g/mol. The fourth-order valence-corrected chi connectivity index (χ4v) is 2.02. The molecule has 0 aliphatic heterocycles. The predicted molar refractivity (Wildman–Crippen MR) is 82.8 cm³/mol. The lowest BCUT2D eigenvalue weighted by atomic mass is 10.0. The molecule has 1 aromatic carbocycles. The van der Waals surface area contributed by atoms with Crippen LogP contribution in [0, 0.1) is 0 Å². The average Bonchev–Trinajstić information content (AvgIpc) is 2.91. The molecule has 1 unspecified atom stereocenters. The van der Waals surface area contributed by atoms with E-state index in [4.69, 9.17) is 0 Å². The van der Waals surface area contributed by atoms with E-state index in [1.807, 2.05) is 26.2 Å². The van der Waals surface area contributed by atoms with Gasteiger partial charge in [-0.1, -0.05) is 26.0 Å². The first-order valence-electron chi connectivity index (χ1n) is 7.01. The zero-order valence-electron chi connectivity index (χ0n) is 13.0. The number of hydrogen-bond donors (Lipinski definition) is 2. The Balaban J connectivity index is 2.15. The molecule has 6 nitrogen and oxygen atoms in total. The lowest BCUT2D eigenvalue weighted by Gasteiger charge is -2.35. The number of benzene rings is 1. The van der Waals surface area contributed by atoms with E-state index in [1.165, 1.54) is 11.9 Å². The smallest absolute Gasteiger partial charge is 0.215 e. The van der Waals surface area contributed by atoms with E-state index in [2.05, 4.69) is 41.4 Å². The maximum absolute atomic E-state index is 10.8. The van der Waals surface area contributed by atoms with Crippen molar-refractivity contribution in [1.82, 2.24) is 19.7 Å². The van der Waals surface area contributed by atoms with Crippen molar-refractivity contribution in [3.05, 3.63) is 42.5 Å². The topological polar surface area (TPSA) is 66.2 Å². The second kappa shape index (κ2) is 6.24. The molecule has 2 N–H and O–H groups in total. The van der Waals surface area contributed by atoms with Crippen molar-refractivity contribution in [3.8, 4) is 0 Å². The SMILES string of the molecule is CC(C)c1ccc(NC(O)(Cn2cncn2)N(C)C)cc1. The molecular weight excluding hydrogens is 266 g/mol. The summed E-state index contributed by atoms with van der Waals surface area (Å²) in [5.41, 5.74) is 2.13. The summed E-state index contributed by atoms with van der Waals surface area (Å²) in [5, 5.41) is 18.0. The van der Waals surface area contributed by atoms with Gasteiger partial charge < -0.3 is 10.4 Å². The molecule has 0 amide bonds. The van der Waals surface area contributed by atoms with Gasteiger partial charge >= 0.3 is 0 Å². The Kier molecular flexibility index (Phi) is 4.59. The Morgan fingerprint density at radius 3 is 2.43 bits per heavy atom. The first-order valence-corrected chi connectivity index (χ1v) is 7.01. The highest BCUT2D eigenvalue weighted by atomic mass is 16.3. The number of aromatic nitrogens is 3. The van der Waals surface area contributed by atoms with Gasteiger partial charge in [-0.05, 0) is 37.7 Å². The van der Waals surface area contributed by atoms with Gasteiger partial charge in [-0.2, -0.15) is 5.10 Å². The highest BCUT2D eigenvalue weighted by Gasteiger charge is 2.30. The van der Waals surface area contributed by atoms with Gasteiger partial charge in [-0.3, -0.25) is 4.90 Å². The molecule has 1 heterocycles. The highest BCUT2D eigenvalue weighted by Crippen LogP contribution is 2.21. The lowest BCUT2D eigenvalue weighted by Crippen LogP contribution is -2.54. The fraction of sp³-hybridized carbons (Fsp3) is 0.467. The summed E-state index contributed by atoms with van der Waals surface area (Å²) in [6.45, 7) is 4.58. The van der Waals surface area contributed by atoms with Crippen LogP contribution in [0.25, 0.3) is 0 Å². The Morgan fingerprint density at radius 2 is 1.95 bits per heavy atom. The molecule has 21 heavy (non-hydrogen) atoms. The Bertz CT molecular complexity index is 550. The van der Waals surface area contributed by atoms with Crippen molar-refractivity contribution in [3.63, 3.8) is 0 Å². The molecule has 2 aromatic rings. The standard InChI is InChI=1S/C15H23N5O/c1-12(2)13-5-7-14(8-6-13)18-15(21,19(3)4)9-20-11-16-10-17-20/h5-8,10-12,18,21H,9H2,1-4H3. The summed E-state index contributed by atoms with van der Waals surface area (Å²) >= 11 is 0. The molecule has 0 spiro atoms. The minimum Gasteiger partial charge on any atom is -0.357 e. The van der Waals surface area contributed by atoms with Crippen LogP contribution in [0.3, 0.4) is 0 Å². The van der Waals surface area contributed by atoms with Crippen molar-refractivity contribution in [2.75, 3.05) is 19.4 Å². The van der Waals surface area contributed by atoms with E-state index in [-0.39, 0.29) is 6.54 Å². The molecule has 114 valence electrons. The van der Waals surface area contributed by atoms with Crippen LogP contribution in [0.5, 0.6) is 0 Å². The zero-order valence-corrected chi connectivity index (χ0v) is 13.0. The Morgan fingerprint density at radius 1 is 1.29 bits per heavy atom. The van der Waals surface area contributed by atoms with Crippen LogP contribution in [0.4, 0.5) is 5.69 Å². The van der Waals surface area contributed by atoms with E-state index in [0.29, 0.717) is 5.92 Å². The quantitative estimate of drug-likeness (QED) is 0.793. The van der Waals surface area contributed by atoms with Gasteiger partial charge in [0.1, 0.15) is 19.2 Å². The summed E-state index contributed by atoms with van der Waals surface area (Å²) in [7, 11) is 3.62. The van der Waals surface area contributed by atoms with Crippen LogP contribution >= 0.6 is 0 Å². The summed E-state index contributed by atoms with van der Waals surface area (Å²) in [5.74, 6) is -0.755. The van der Waals surface area contributed by atoms with Gasteiger partial charge in [0.2, 0.25) is 5.85 Å². The molecule has 2 rings (SSSR count). The van der Waals surface area contributed by atoms with Crippen LogP contribution < -0.4 is 5.32 Å². The first kappa shape index (κ1) is 15.5. The van der Waals surface area contributed by atoms with Crippen LogP contribution in [-0.2, 0) is 6.54 Å². The van der Waals surface area contributed by atoms with Gasteiger partial charge in [0, 0.05) is 5.69 Å². The van der Waals surface area contributed by atoms with Gasteiger partial charge in [0.05, 0.1) is 0 Å². The van der Waals surface area contributed by atoms with Gasteiger partial charge in [-0.15, -0.1) is 0 Å². The number of rotatable bonds is 6. The Labute approximate surface area is 125 Å². The third kappa shape index (κ3) is 3.80. The largest absolute Gasteiger partial charge is 0.357 e. The van der Waals surface area contributed by atoms with Crippen LogP contribution in [-0.4, -0.2) is 44.7 Å². The lowest BCUT2D eigenvalue weighted by molar-refractivity contribution is -0.0719. The molecular formula is C15H23N5O. The van der Waals surface area contributed by atoms with Crippen molar-refractivity contribution in [2.24, 2.45) is 0 Å². The summed E-state index contributed by atoms with van der Waals surface area (Å²) in [4.78, 5) is 5.61. The van der Waals surface area contributed by atoms with Gasteiger partial charge in [0.25, 0.3) is 0 Å². The Hall–Kier alpha value is -1.92. The molecule has 0 saturated carbocycles. The number of likely N-dealkylation sites (N-methyl/N-ethyl adjacent to an activating group) is 1. The van der Waals surface area contributed by atoms with Crippen molar-refractivity contribution in [2.45, 2.75) is 32.2 Å². The maximum atomic E-state index is 10.8. The maximum Gasteiger partial charge on any atom is 0.215 e. The second-order valence-electron chi connectivity index (χ2n) is 5.71. The third-order valence-corrected chi connectivity index (χ3v) is 3.51. The minimum absolute atomic E-state index is 0.270. The predicted octanol–water partition coefficient (Wildman–Crippen LogP) is 1.72. The molecule has 1 atom stereocenters. The summed E-state index contributed by atoms with van der Waals surface area (Å²) in [6.07, 6.45) is 3.03. The molecule has 0 fully saturated rings. The van der Waals surface area contributed by atoms with E-state index in [1.54, 1.807) is 15.9 Å². The molecule has 0 aliphatic rings. The van der Waals surface area contributed by atoms with Gasteiger partial charge in [-0.25, -0.2) is 9.67 Å². The number of nitrogens with zero attached hydrogens (tertiary/aromatic N) is 4. The number of hydrogen-bond acceptors (Lipinski definition) is 5. The van der Waals surface area contributed by atoms with Crippen LogP contribution in [0.15, 0.2) is 36.9 Å². The van der Waals surface area contributed by atoms with Crippen molar-refractivity contribution in [1.29, 1.82) is 0 Å². The zero-order chi connectivity index (χ0) is 15.5. The first-order chi connectivity index (χ1) is 9.90. The van der Waals surface area contributed by atoms with Crippen LogP contribution in [0.2, 0.25) is 0 Å². The number of nitrogens with one attached hydrogen (secondary N) is 1. The molecule has 6 heteroatoms. The number of aliphatic hydroxyl groups is 1. The minimum atomic E-state index is -1.24.